The minimum Gasteiger partial charge on any atom is -0.497 e. The van der Waals surface area contributed by atoms with Crippen molar-refractivity contribution in [2.24, 2.45) is 0 Å². The van der Waals surface area contributed by atoms with Crippen LogP contribution < -0.4 is 10.1 Å². The molecule has 0 fully saturated rings. The molecule has 3 aromatic carbocycles. The van der Waals surface area contributed by atoms with Gasteiger partial charge in [0.05, 0.1) is 24.4 Å². The Bertz CT molecular complexity index is 1190. The number of nitrogens with one attached hydrogen (secondary N) is 1. The van der Waals surface area contributed by atoms with Crippen LogP contribution in [-0.2, 0) is 4.79 Å². The van der Waals surface area contributed by atoms with Crippen LogP contribution in [0.4, 0.5) is 5.82 Å². The van der Waals surface area contributed by atoms with Gasteiger partial charge in [0.25, 0.3) is 0 Å². The van der Waals surface area contributed by atoms with Gasteiger partial charge < -0.3 is 10.1 Å². The highest BCUT2D eigenvalue weighted by Gasteiger charge is 2.21. The fourth-order valence-corrected chi connectivity index (χ4v) is 3.75. The van der Waals surface area contributed by atoms with Crippen LogP contribution in [-0.4, -0.2) is 22.8 Å². The van der Waals surface area contributed by atoms with Crippen molar-refractivity contribution in [1.29, 1.82) is 0 Å². The third-order valence-corrected chi connectivity index (χ3v) is 5.60. The molecule has 4 aromatic rings. The molecule has 0 radical (unpaired) electrons. The monoisotopic (exact) mass is 445 g/mol. The van der Waals surface area contributed by atoms with E-state index in [-0.39, 0.29) is 11.8 Å². The first-order valence-corrected chi connectivity index (χ1v) is 10.8. The molecule has 0 saturated heterocycles. The minimum atomic E-state index is -0.255. The number of carbonyl (C=O) groups excluding carboxylic acids is 1. The Morgan fingerprint density at radius 1 is 1.03 bits per heavy atom. The summed E-state index contributed by atoms with van der Waals surface area (Å²) in [4.78, 5) is 13.2. The lowest BCUT2D eigenvalue weighted by Gasteiger charge is -2.16. The van der Waals surface area contributed by atoms with Crippen molar-refractivity contribution in [2.75, 3.05) is 12.4 Å². The first-order valence-electron chi connectivity index (χ1n) is 10.4. The predicted molar refractivity (Wildman–Crippen MR) is 129 cm³/mol. The van der Waals surface area contributed by atoms with Crippen LogP contribution in [0.15, 0.2) is 84.9 Å². The topological polar surface area (TPSA) is 56.2 Å². The molecule has 4 rings (SSSR count). The Morgan fingerprint density at radius 3 is 2.34 bits per heavy atom. The summed E-state index contributed by atoms with van der Waals surface area (Å²) in [6, 6.07) is 26.7. The molecule has 1 amide bonds. The maximum Gasteiger partial charge on any atom is 0.233 e. The molecule has 0 spiro atoms. The van der Waals surface area contributed by atoms with Gasteiger partial charge in [0.2, 0.25) is 5.91 Å². The normalized spacial score (nSPS) is 11.7. The summed E-state index contributed by atoms with van der Waals surface area (Å²) in [7, 11) is 1.63. The van der Waals surface area contributed by atoms with Crippen molar-refractivity contribution in [3.05, 3.63) is 95.5 Å². The van der Waals surface area contributed by atoms with Crippen molar-refractivity contribution < 1.29 is 9.53 Å². The molecule has 1 N–H and O–H groups in total. The van der Waals surface area contributed by atoms with Crippen LogP contribution in [0.3, 0.4) is 0 Å². The van der Waals surface area contributed by atoms with Crippen molar-refractivity contribution in [3.8, 4) is 22.7 Å². The summed E-state index contributed by atoms with van der Waals surface area (Å²) >= 11 is 6.04. The van der Waals surface area contributed by atoms with Crippen LogP contribution >= 0.6 is 11.6 Å². The molecule has 6 heteroatoms. The molecular weight excluding hydrogens is 422 g/mol. The van der Waals surface area contributed by atoms with Crippen LogP contribution in [0.5, 0.6) is 5.75 Å². The highest BCUT2D eigenvalue weighted by atomic mass is 35.5. The molecule has 5 nitrogen and oxygen atoms in total. The second-order valence-corrected chi connectivity index (χ2v) is 7.83. The van der Waals surface area contributed by atoms with Gasteiger partial charge in [0.15, 0.2) is 0 Å². The van der Waals surface area contributed by atoms with Crippen molar-refractivity contribution >= 4 is 23.3 Å². The molecule has 0 aliphatic heterocycles. The molecule has 0 aliphatic rings. The Kier molecular flexibility index (Phi) is 6.57. The van der Waals surface area contributed by atoms with Gasteiger partial charge in [-0.3, -0.25) is 4.79 Å². The number of anilines is 1. The number of aromatic nitrogens is 2. The lowest BCUT2D eigenvalue weighted by Crippen LogP contribution is -2.22. The number of methoxy groups -OCH3 is 1. The Labute approximate surface area is 192 Å². The molecule has 0 unspecified atom stereocenters. The molecule has 32 heavy (non-hydrogen) atoms. The fourth-order valence-electron chi connectivity index (χ4n) is 3.62. The van der Waals surface area contributed by atoms with Gasteiger partial charge in [-0.1, -0.05) is 61.0 Å². The van der Waals surface area contributed by atoms with Crippen LogP contribution in [0.2, 0.25) is 5.02 Å². The number of hydrogen-bond acceptors (Lipinski definition) is 3. The van der Waals surface area contributed by atoms with Gasteiger partial charge in [-0.2, -0.15) is 5.10 Å². The lowest BCUT2D eigenvalue weighted by molar-refractivity contribution is -0.117. The fraction of sp³-hybridized carbons (Fsp3) is 0.154. The van der Waals surface area contributed by atoms with Crippen LogP contribution in [0.1, 0.15) is 24.8 Å². The highest BCUT2D eigenvalue weighted by Crippen LogP contribution is 2.28. The SMILES string of the molecule is CC[C@H](C(=O)Nc1cc(-c2ccc(Cl)cc2)nn1-c1ccc(OC)cc1)c1ccccc1. The quantitative estimate of drug-likeness (QED) is 0.361. The van der Waals surface area contributed by atoms with Crippen molar-refractivity contribution in [3.63, 3.8) is 0 Å². The number of benzene rings is 3. The van der Waals surface area contributed by atoms with E-state index >= 15 is 0 Å². The molecule has 0 aliphatic carbocycles. The molecular formula is C26H24ClN3O2. The number of ether oxygens (including phenoxy) is 1. The Hall–Kier alpha value is -3.57. The van der Waals surface area contributed by atoms with Crippen LogP contribution in [0, 0.1) is 0 Å². The zero-order valence-electron chi connectivity index (χ0n) is 18.0. The van der Waals surface area contributed by atoms with E-state index in [1.165, 1.54) is 0 Å². The average molecular weight is 446 g/mol. The Balaban J connectivity index is 1.71. The number of nitrogens with zero attached hydrogens (tertiary/aromatic N) is 2. The van der Waals surface area contributed by atoms with Gasteiger partial charge >= 0.3 is 0 Å². The average Bonchev–Trinajstić information content (AvgIpc) is 3.24. The van der Waals surface area contributed by atoms with Gasteiger partial charge in [0.1, 0.15) is 11.6 Å². The first kappa shape index (κ1) is 21.7. The molecule has 1 heterocycles. The predicted octanol–water partition coefficient (Wildman–Crippen LogP) is 6.33. The number of halogens is 1. The zero-order valence-corrected chi connectivity index (χ0v) is 18.7. The number of hydrogen-bond donors (Lipinski definition) is 1. The van der Waals surface area contributed by atoms with E-state index in [0.29, 0.717) is 17.3 Å². The Morgan fingerprint density at radius 2 is 1.72 bits per heavy atom. The number of amides is 1. The second kappa shape index (κ2) is 9.71. The third-order valence-electron chi connectivity index (χ3n) is 5.34. The maximum absolute atomic E-state index is 13.2. The number of carbonyl (C=O) groups is 1. The van der Waals surface area contributed by atoms with E-state index in [0.717, 1.165) is 28.3 Å². The molecule has 0 bridgehead atoms. The van der Waals surface area contributed by atoms with E-state index in [9.17, 15) is 4.79 Å². The maximum atomic E-state index is 13.2. The lowest BCUT2D eigenvalue weighted by atomic mass is 9.96. The summed E-state index contributed by atoms with van der Waals surface area (Å²) in [5.41, 5.74) is 3.45. The minimum absolute atomic E-state index is 0.0731. The summed E-state index contributed by atoms with van der Waals surface area (Å²) in [6.45, 7) is 2.01. The third kappa shape index (κ3) is 4.68. The van der Waals surface area contributed by atoms with Gasteiger partial charge in [0, 0.05) is 16.7 Å². The van der Waals surface area contributed by atoms with Crippen molar-refractivity contribution in [1.82, 2.24) is 9.78 Å². The molecule has 162 valence electrons. The summed E-state index contributed by atoms with van der Waals surface area (Å²) in [5.74, 6) is 1.02. The summed E-state index contributed by atoms with van der Waals surface area (Å²) in [5, 5.41) is 8.52. The highest BCUT2D eigenvalue weighted by molar-refractivity contribution is 6.30. The van der Waals surface area contributed by atoms with E-state index in [1.807, 2.05) is 91.9 Å². The largest absolute Gasteiger partial charge is 0.497 e. The van der Waals surface area contributed by atoms with E-state index in [2.05, 4.69) is 5.32 Å². The standard InChI is InChI=1S/C26H24ClN3O2/c1-3-23(18-7-5-4-6-8-18)26(31)28-25-17-24(19-9-11-20(27)12-10-19)29-30(25)21-13-15-22(32-2)16-14-21/h4-17,23H,3H2,1-2H3,(H,28,31)/t23-/m0/s1. The van der Waals surface area contributed by atoms with E-state index in [1.54, 1.807) is 11.8 Å². The number of rotatable bonds is 7. The van der Waals surface area contributed by atoms with Gasteiger partial charge in [-0.15, -0.1) is 0 Å². The van der Waals surface area contributed by atoms with Crippen LogP contribution in [0.25, 0.3) is 16.9 Å². The zero-order chi connectivity index (χ0) is 22.5. The van der Waals surface area contributed by atoms with E-state index in [4.69, 9.17) is 21.4 Å². The smallest absolute Gasteiger partial charge is 0.233 e. The molecule has 0 saturated carbocycles. The van der Waals surface area contributed by atoms with E-state index < -0.39 is 0 Å². The van der Waals surface area contributed by atoms with Gasteiger partial charge in [-0.25, -0.2) is 4.68 Å². The summed E-state index contributed by atoms with van der Waals surface area (Å²) in [6.07, 6.45) is 0.691. The molecule has 1 atom stereocenters. The first-order chi connectivity index (χ1) is 15.6. The van der Waals surface area contributed by atoms with Gasteiger partial charge in [-0.05, 0) is 48.4 Å². The summed E-state index contributed by atoms with van der Waals surface area (Å²) < 4.78 is 7.00. The second-order valence-electron chi connectivity index (χ2n) is 7.39. The van der Waals surface area contributed by atoms with Crippen molar-refractivity contribution in [2.45, 2.75) is 19.3 Å². The molecule has 1 aromatic heterocycles.